The van der Waals surface area contributed by atoms with Gasteiger partial charge in [0.1, 0.15) is 0 Å². The van der Waals surface area contributed by atoms with Crippen molar-refractivity contribution < 1.29 is 9.90 Å². The van der Waals surface area contributed by atoms with Gasteiger partial charge in [-0.2, -0.15) is 0 Å². The average molecular weight is 175 g/mol. The highest BCUT2D eigenvalue weighted by molar-refractivity contribution is 5.92. The van der Waals surface area contributed by atoms with Crippen LogP contribution in [0.1, 0.15) is 21.5 Å². The third-order valence-electron chi connectivity index (χ3n) is 2.13. The van der Waals surface area contributed by atoms with Crippen molar-refractivity contribution >= 4 is 12.2 Å². The summed E-state index contributed by atoms with van der Waals surface area (Å²) in [6, 6.07) is 5.17. The first-order chi connectivity index (χ1) is 6.27. The number of carboxylic acids is 1. The molecule has 0 amide bonds. The number of rotatable bonds is 1. The monoisotopic (exact) mass is 175 g/mol. The fourth-order valence-electron chi connectivity index (χ4n) is 1.42. The Bertz CT molecular complexity index is 383. The molecule has 1 aromatic rings. The van der Waals surface area contributed by atoms with Crippen LogP contribution in [0.4, 0.5) is 0 Å². The second-order valence-electron chi connectivity index (χ2n) is 3.00. The number of aromatic carboxylic acids is 1. The van der Waals surface area contributed by atoms with Crippen molar-refractivity contribution in [3.8, 4) is 0 Å². The Morgan fingerprint density at radius 1 is 1.46 bits per heavy atom. The van der Waals surface area contributed by atoms with Crippen LogP contribution >= 0.6 is 0 Å². The lowest BCUT2D eigenvalue weighted by Crippen LogP contribution is -2.05. The summed E-state index contributed by atoms with van der Waals surface area (Å²) >= 11 is 0. The first kappa shape index (κ1) is 7.98. The number of hydrogen-bond donors (Lipinski definition) is 1. The van der Waals surface area contributed by atoms with Crippen molar-refractivity contribution in [2.24, 2.45) is 4.99 Å². The summed E-state index contributed by atoms with van der Waals surface area (Å²) in [7, 11) is 0. The zero-order valence-corrected chi connectivity index (χ0v) is 7.03. The van der Waals surface area contributed by atoms with Gasteiger partial charge in [-0.1, -0.05) is 6.07 Å². The van der Waals surface area contributed by atoms with Gasteiger partial charge in [0, 0.05) is 12.8 Å². The van der Waals surface area contributed by atoms with Gasteiger partial charge in [-0.3, -0.25) is 4.99 Å². The van der Waals surface area contributed by atoms with Crippen LogP contribution in [0.2, 0.25) is 0 Å². The molecule has 0 atom stereocenters. The quantitative estimate of drug-likeness (QED) is 0.700. The molecule has 2 rings (SSSR count). The Hall–Kier alpha value is -1.64. The minimum Gasteiger partial charge on any atom is -0.478 e. The van der Waals surface area contributed by atoms with Gasteiger partial charge in [-0.15, -0.1) is 0 Å². The third kappa shape index (κ3) is 1.45. The van der Waals surface area contributed by atoms with Crippen LogP contribution in [-0.4, -0.2) is 23.8 Å². The van der Waals surface area contributed by atoms with Gasteiger partial charge in [0.05, 0.1) is 5.56 Å². The molecule has 1 aliphatic rings. The van der Waals surface area contributed by atoms with E-state index < -0.39 is 5.97 Å². The Labute approximate surface area is 75.7 Å². The van der Waals surface area contributed by atoms with Crippen molar-refractivity contribution in [3.05, 3.63) is 34.9 Å². The smallest absolute Gasteiger partial charge is 0.335 e. The van der Waals surface area contributed by atoms with E-state index in [1.54, 1.807) is 18.3 Å². The van der Waals surface area contributed by atoms with E-state index in [1.165, 1.54) is 5.56 Å². The summed E-state index contributed by atoms with van der Waals surface area (Å²) in [5.74, 6) is -0.887. The van der Waals surface area contributed by atoms with Crippen molar-refractivity contribution in [1.82, 2.24) is 0 Å². The maximum atomic E-state index is 10.6. The normalized spacial score (nSPS) is 13.8. The lowest BCUT2D eigenvalue weighted by Gasteiger charge is -2.09. The highest BCUT2D eigenvalue weighted by atomic mass is 16.4. The zero-order valence-electron chi connectivity index (χ0n) is 7.03. The van der Waals surface area contributed by atoms with E-state index in [0.29, 0.717) is 5.56 Å². The zero-order chi connectivity index (χ0) is 9.26. The van der Waals surface area contributed by atoms with E-state index in [1.807, 2.05) is 6.07 Å². The summed E-state index contributed by atoms with van der Waals surface area (Å²) in [6.07, 6.45) is 2.65. The molecule has 1 heterocycles. The number of benzene rings is 1. The van der Waals surface area contributed by atoms with E-state index in [0.717, 1.165) is 18.5 Å². The summed E-state index contributed by atoms with van der Waals surface area (Å²) in [5.41, 5.74) is 2.44. The third-order valence-corrected chi connectivity index (χ3v) is 2.13. The van der Waals surface area contributed by atoms with E-state index >= 15 is 0 Å². The molecule has 0 saturated carbocycles. The maximum absolute atomic E-state index is 10.6. The van der Waals surface area contributed by atoms with Gasteiger partial charge in [-0.05, 0) is 29.7 Å². The van der Waals surface area contributed by atoms with Gasteiger partial charge in [0.25, 0.3) is 0 Å². The SMILES string of the molecule is O=C(O)c1ccc2c(c1)C=NCC2. The molecule has 0 spiro atoms. The highest BCUT2D eigenvalue weighted by Crippen LogP contribution is 2.14. The predicted molar refractivity (Wildman–Crippen MR) is 49.6 cm³/mol. The Kier molecular flexibility index (Phi) is 1.85. The molecule has 1 aliphatic heterocycles. The van der Waals surface area contributed by atoms with Crippen LogP contribution in [-0.2, 0) is 6.42 Å². The fraction of sp³-hybridized carbons (Fsp3) is 0.200. The van der Waals surface area contributed by atoms with Gasteiger partial charge in [0.15, 0.2) is 0 Å². The van der Waals surface area contributed by atoms with Crippen molar-refractivity contribution in [2.75, 3.05) is 6.54 Å². The topological polar surface area (TPSA) is 49.7 Å². The maximum Gasteiger partial charge on any atom is 0.335 e. The molecule has 1 aromatic carbocycles. The second kappa shape index (κ2) is 3.01. The molecule has 0 bridgehead atoms. The lowest BCUT2D eigenvalue weighted by molar-refractivity contribution is 0.0697. The minimum absolute atomic E-state index is 0.326. The average Bonchev–Trinajstić information content (AvgIpc) is 2.17. The molecule has 0 saturated heterocycles. The molecule has 0 aromatic heterocycles. The van der Waals surface area contributed by atoms with Crippen molar-refractivity contribution in [1.29, 1.82) is 0 Å². The number of aliphatic imine (C=N–C) groups is 1. The standard InChI is InChI=1S/C10H9NO2/c12-10(13)8-2-1-7-3-4-11-6-9(7)5-8/h1-2,5-6H,3-4H2,(H,12,13). The van der Waals surface area contributed by atoms with Gasteiger partial charge < -0.3 is 5.11 Å². The number of carboxylic acid groups (broad SMARTS) is 1. The molecule has 3 nitrogen and oxygen atoms in total. The molecule has 0 radical (unpaired) electrons. The first-order valence-corrected chi connectivity index (χ1v) is 4.13. The Balaban J connectivity index is 2.48. The van der Waals surface area contributed by atoms with Crippen LogP contribution in [0.5, 0.6) is 0 Å². The molecule has 0 aliphatic carbocycles. The summed E-state index contributed by atoms with van der Waals surface area (Å²) in [5, 5.41) is 8.74. The second-order valence-corrected chi connectivity index (χ2v) is 3.00. The molecular weight excluding hydrogens is 166 g/mol. The number of hydrogen-bond acceptors (Lipinski definition) is 2. The highest BCUT2D eigenvalue weighted by Gasteiger charge is 2.08. The molecule has 0 unspecified atom stereocenters. The van der Waals surface area contributed by atoms with Gasteiger partial charge >= 0.3 is 5.97 Å². The molecule has 66 valence electrons. The van der Waals surface area contributed by atoms with Crippen LogP contribution in [0.3, 0.4) is 0 Å². The van der Waals surface area contributed by atoms with E-state index in [4.69, 9.17) is 5.11 Å². The lowest BCUT2D eigenvalue weighted by atomic mass is 10.0. The minimum atomic E-state index is -0.887. The van der Waals surface area contributed by atoms with Gasteiger partial charge in [-0.25, -0.2) is 4.79 Å². The van der Waals surface area contributed by atoms with Crippen LogP contribution in [0.15, 0.2) is 23.2 Å². The van der Waals surface area contributed by atoms with Crippen molar-refractivity contribution in [3.63, 3.8) is 0 Å². The fourth-order valence-corrected chi connectivity index (χ4v) is 1.42. The van der Waals surface area contributed by atoms with E-state index in [2.05, 4.69) is 4.99 Å². The number of carbonyl (C=O) groups is 1. The molecule has 0 fully saturated rings. The Morgan fingerprint density at radius 3 is 3.08 bits per heavy atom. The summed E-state index contributed by atoms with van der Waals surface area (Å²) in [6.45, 7) is 0.805. The predicted octanol–water partition coefficient (Wildman–Crippen LogP) is 1.36. The number of fused-ring (bicyclic) bond motifs is 1. The van der Waals surface area contributed by atoms with Crippen LogP contribution in [0.25, 0.3) is 0 Å². The van der Waals surface area contributed by atoms with Crippen LogP contribution in [0, 0.1) is 0 Å². The largest absolute Gasteiger partial charge is 0.478 e. The summed E-state index contributed by atoms with van der Waals surface area (Å²) < 4.78 is 0. The molecular formula is C10H9NO2. The van der Waals surface area contributed by atoms with E-state index in [9.17, 15) is 4.79 Å². The Morgan fingerprint density at radius 2 is 2.31 bits per heavy atom. The molecule has 1 N–H and O–H groups in total. The van der Waals surface area contributed by atoms with E-state index in [-0.39, 0.29) is 0 Å². The summed E-state index contributed by atoms with van der Waals surface area (Å²) in [4.78, 5) is 14.7. The van der Waals surface area contributed by atoms with Crippen LogP contribution < -0.4 is 0 Å². The van der Waals surface area contributed by atoms with Crippen molar-refractivity contribution in [2.45, 2.75) is 6.42 Å². The molecule has 3 heteroatoms. The number of nitrogens with zero attached hydrogens (tertiary/aromatic N) is 1. The molecule has 13 heavy (non-hydrogen) atoms. The first-order valence-electron chi connectivity index (χ1n) is 4.13. The van der Waals surface area contributed by atoms with Gasteiger partial charge in [0.2, 0.25) is 0 Å².